The van der Waals surface area contributed by atoms with Crippen molar-refractivity contribution in [1.29, 1.82) is 0 Å². The Morgan fingerprint density at radius 3 is 2.79 bits per heavy atom. The average Bonchev–Trinajstić information content (AvgIpc) is 2.56. The van der Waals surface area contributed by atoms with E-state index in [9.17, 15) is 4.79 Å². The summed E-state index contributed by atoms with van der Waals surface area (Å²) in [5.74, 6) is 0. The molecule has 0 saturated carbocycles. The Morgan fingerprint density at radius 2 is 2.07 bits per heavy atom. The molecule has 2 rings (SSSR count). The van der Waals surface area contributed by atoms with Crippen molar-refractivity contribution in [2.24, 2.45) is 0 Å². The van der Waals surface area contributed by atoms with Gasteiger partial charge in [0.25, 0.3) is 0 Å². The van der Waals surface area contributed by atoms with Crippen LogP contribution in [0.1, 0.15) is 5.56 Å². The van der Waals surface area contributed by atoms with Gasteiger partial charge in [-0.2, -0.15) is 0 Å². The van der Waals surface area contributed by atoms with Crippen molar-refractivity contribution in [2.75, 3.05) is 7.11 Å². The quantitative estimate of drug-likeness (QED) is 0.637. The highest BCUT2D eigenvalue weighted by Gasteiger charge is 2.10. The highest BCUT2D eigenvalue weighted by Crippen LogP contribution is 2.20. The van der Waals surface area contributed by atoms with E-state index in [0.717, 1.165) is 16.5 Å². The molecule has 0 amide bonds. The first-order valence-electron chi connectivity index (χ1n) is 4.39. The van der Waals surface area contributed by atoms with Gasteiger partial charge < -0.3 is 4.74 Å². The number of aromatic nitrogens is 1. The van der Waals surface area contributed by atoms with Crippen LogP contribution in [0.25, 0.3) is 10.9 Å². The highest BCUT2D eigenvalue weighted by molar-refractivity contribution is 5.91. The maximum atomic E-state index is 11.4. The maximum Gasteiger partial charge on any atom is 0.418 e. The number of fused-ring (bicyclic) bond motifs is 1. The Kier molecular flexibility index (Phi) is 2.00. The van der Waals surface area contributed by atoms with Gasteiger partial charge in [-0.1, -0.05) is 18.2 Å². The van der Waals surface area contributed by atoms with Crippen molar-refractivity contribution in [3.05, 3.63) is 36.0 Å². The Labute approximate surface area is 81.9 Å². The first-order valence-corrected chi connectivity index (χ1v) is 4.39. The molecule has 0 spiro atoms. The van der Waals surface area contributed by atoms with Crippen LogP contribution in [0.15, 0.2) is 30.5 Å². The molecule has 0 aliphatic carbocycles. The first-order chi connectivity index (χ1) is 6.74. The molecule has 0 aliphatic rings. The zero-order valence-electron chi connectivity index (χ0n) is 8.15. The third-order valence-corrected chi connectivity index (χ3v) is 2.28. The summed E-state index contributed by atoms with van der Waals surface area (Å²) in [5.41, 5.74) is 1.96. The molecule has 0 radical (unpaired) electrons. The summed E-state index contributed by atoms with van der Waals surface area (Å²) in [6.45, 7) is 1.97. The van der Waals surface area contributed by atoms with Gasteiger partial charge in [0.05, 0.1) is 12.6 Å². The van der Waals surface area contributed by atoms with Crippen LogP contribution in [0, 0.1) is 6.92 Å². The molecule has 3 nitrogen and oxygen atoms in total. The standard InChI is InChI=1S/C11H11NO2/c1-8-7-12(11(13)14-2)10-6-4-3-5-9(8)10/h3-7H,1-2H3. The zero-order chi connectivity index (χ0) is 10.1. The van der Waals surface area contributed by atoms with Gasteiger partial charge >= 0.3 is 6.09 Å². The smallest absolute Gasteiger partial charge is 0.418 e. The molecule has 3 heteroatoms. The molecule has 1 heterocycles. The van der Waals surface area contributed by atoms with Gasteiger partial charge in [-0.25, -0.2) is 4.79 Å². The summed E-state index contributed by atoms with van der Waals surface area (Å²) in [7, 11) is 1.38. The van der Waals surface area contributed by atoms with Crippen molar-refractivity contribution in [3.63, 3.8) is 0 Å². The van der Waals surface area contributed by atoms with Crippen LogP contribution >= 0.6 is 0 Å². The fourth-order valence-electron chi connectivity index (χ4n) is 1.60. The van der Waals surface area contributed by atoms with Gasteiger partial charge in [0.15, 0.2) is 0 Å². The molecule has 0 fully saturated rings. The molecule has 0 bridgehead atoms. The zero-order valence-corrected chi connectivity index (χ0v) is 8.15. The predicted octanol–water partition coefficient (Wildman–Crippen LogP) is 2.56. The molecular formula is C11H11NO2. The Balaban J connectivity index is 2.72. The Bertz CT molecular complexity index is 485. The van der Waals surface area contributed by atoms with E-state index in [0.29, 0.717) is 0 Å². The molecule has 72 valence electrons. The molecule has 1 aromatic heterocycles. The number of carbonyl (C=O) groups is 1. The van der Waals surface area contributed by atoms with E-state index in [2.05, 4.69) is 4.74 Å². The molecule has 1 aromatic carbocycles. The molecule has 0 saturated heterocycles. The molecule has 0 N–H and O–H groups in total. The molecule has 2 aromatic rings. The molecule has 0 aliphatic heterocycles. The summed E-state index contributed by atoms with van der Waals surface area (Å²) in [6.07, 6.45) is 1.44. The molecular weight excluding hydrogens is 178 g/mol. The average molecular weight is 189 g/mol. The third-order valence-electron chi connectivity index (χ3n) is 2.28. The lowest BCUT2D eigenvalue weighted by atomic mass is 10.2. The number of nitrogens with zero attached hydrogens (tertiary/aromatic N) is 1. The van der Waals surface area contributed by atoms with Gasteiger partial charge in [-0.3, -0.25) is 4.57 Å². The second kappa shape index (κ2) is 3.18. The fourth-order valence-corrected chi connectivity index (χ4v) is 1.60. The summed E-state index contributed by atoms with van der Waals surface area (Å²) < 4.78 is 6.20. The van der Waals surface area contributed by atoms with Gasteiger partial charge in [-0.15, -0.1) is 0 Å². The Hall–Kier alpha value is -1.77. The van der Waals surface area contributed by atoms with Crippen LogP contribution in [0.4, 0.5) is 4.79 Å². The number of rotatable bonds is 0. The second-order valence-corrected chi connectivity index (χ2v) is 3.17. The van der Waals surface area contributed by atoms with Crippen LogP contribution in [-0.4, -0.2) is 17.8 Å². The number of ether oxygens (including phenoxy) is 1. The van der Waals surface area contributed by atoms with Crippen molar-refractivity contribution in [3.8, 4) is 0 Å². The van der Waals surface area contributed by atoms with E-state index in [1.807, 2.05) is 31.2 Å². The first kappa shape index (κ1) is 8.81. The van der Waals surface area contributed by atoms with Crippen molar-refractivity contribution < 1.29 is 9.53 Å². The summed E-state index contributed by atoms with van der Waals surface area (Å²) >= 11 is 0. The third kappa shape index (κ3) is 1.18. The van der Waals surface area contributed by atoms with Gasteiger partial charge in [0, 0.05) is 11.6 Å². The van der Waals surface area contributed by atoms with E-state index < -0.39 is 0 Å². The molecule has 0 unspecified atom stereocenters. The van der Waals surface area contributed by atoms with E-state index in [4.69, 9.17) is 0 Å². The van der Waals surface area contributed by atoms with Crippen molar-refractivity contribution in [2.45, 2.75) is 6.92 Å². The second-order valence-electron chi connectivity index (χ2n) is 3.17. The number of para-hydroxylation sites is 1. The van der Waals surface area contributed by atoms with Gasteiger partial charge in [0.2, 0.25) is 0 Å². The monoisotopic (exact) mass is 189 g/mol. The van der Waals surface area contributed by atoms with Crippen LogP contribution < -0.4 is 0 Å². The summed E-state index contributed by atoms with van der Waals surface area (Å²) in [4.78, 5) is 11.4. The number of hydrogen-bond acceptors (Lipinski definition) is 2. The van der Waals surface area contributed by atoms with Crippen LogP contribution in [0.5, 0.6) is 0 Å². The lowest BCUT2D eigenvalue weighted by Crippen LogP contribution is -2.09. The largest absolute Gasteiger partial charge is 0.452 e. The van der Waals surface area contributed by atoms with Gasteiger partial charge in [0.1, 0.15) is 0 Å². The van der Waals surface area contributed by atoms with Gasteiger partial charge in [-0.05, 0) is 18.6 Å². The van der Waals surface area contributed by atoms with Crippen LogP contribution in [0.2, 0.25) is 0 Å². The highest BCUT2D eigenvalue weighted by atomic mass is 16.5. The van der Waals surface area contributed by atoms with E-state index in [1.54, 1.807) is 6.20 Å². The fraction of sp³-hybridized carbons (Fsp3) is 0.182. The number of carbonyl (C=O) groups excluding carboxylic acids is 1. The lowest BCUT2D eigenvalue weighted by Gasteiger charge is -2.00. The van der Waals surface area contributed by atoms with E-state index in [1.165, 1.54) is 11.7 Å². The van der Waals surface area contributed by atoms with E-state index >= 15 is 0 Å². The summed E-state index contributed by atoms with van der Waals surface area (Å²) in [5, 5.41) is 1.08. The van der Waals surface area contributed by atoms with Crippen LogP contribution in [0.3, 0.4) is 0 Å². The maximum absolute atomic E-state index is 11.4. The molecule has 14 heavy (non-hydrogen) atoms. The number of hydrogen-bond donors (Lipinski definition) is 0. The predicted molar refractivity (Wildman–Crippen MR) is 54.5 cm³/mol. The minimum absolute atomic E-state index is 0.353. The topological polar surface area (TPSA) is 31.2 Å². The minimum Gasteiger partial charge on any atom is -0.452 e. The Morgan fingerprint density at radius 1 is 1.36 bits per heavy atom. The summed E-state index contributed by atoms with van der Waals surface area (Å²) in [6, 6.07) is 7.75. The normalized spacial score (nSPS) is 10.4. The minimum atomic E-state index is -0.353. The number of methoxy groups -OCH3 is 1. The van der Waals surface area contributed by atoms with Crippen molar-refractivity contribution >= 4 is 17.0 Å². The number of aryl methyl sites for hydroxylation is 1. The SMILES string of the molecule is COC(=O)n1cc(C)c2ccccc21. The molecule has 0 atom stereocenters. The van der Waals surface area contributed by atoms with Crippen LogP contribution in [-0.2, 0) is 4.74 Å². The van der Waals surface area contributed by atoms with E-state index in [-0.39, 0.29) is 6.09 Å². The number of benzene rings is 1. The lowest BCUT2D eigenvalue weighted by molar-refractivity contribution is 0.174. The van der Waals surface area contributed by atoms with Crippen molar-refractivity contribution in [1.82, 2.24) is 4.57 Å².